The van der Waals surface area contributed by atoms with E-state index in [0.29, 0.717) is 17.1 Å². The lowest BCUT2D eigenvalue weighted by Gasteiger charge is -2.25. The van der Waals surface area contributed by atoms with Crippen molar-refractivity contribution in [1.82, 2.24) is 5.32 Å². The fourth-order valence-electron chi connectivity index (χ4n) is 3.35. The number of nitrogens with zero attached hydrogens (tertiary/aromatic N) is 1. The number of anilines is 1. The number of halogens is 2. The minimum atomic E-state index is -4.16. The zero-order valence-corrected chi connectivity index (χ0v) is 20.4. The van der Waals surface area contributed by atoms with E-state index in [1.165, 1.54) is 38.5 Å². The van der Waals surface area contributed by atoms with Gasteiger partial charge in [-0.05, 0) is 55.5 Å². The molecule has 3 aromatic carbocycles. The second kappa shape index (κ2) is 10.8. The van der Waals surface area contributed by atoms with E-state index in [9.17, 15) is 17.6 Å². The lowest BCUT2D eigenvalue weighted by atomic mass is 10.1. The highest BCUT2D eigenvalue weighted by Gasteiger charge is 2.28. The Morgan fingerprint density at radius 2 is 1.76 bits per heavy atom. The summed E-state index contributed by atoms with van der Waals surface area (Å²) in [6, 6.07) is 15.7. The number of nitrogens with one attached hydrogen (secondary N) is 1. The normalized spacial score (nSPS) is 12.0. The minimum Gasteiger partial charge on any atom is -0.497 e. The summed E-state index contributed by atoms with van der Waals surface area (Å²) in [5.74, 6) is -0.179. The Morgan fingerprint density at radius 1 is 1.06 bits per heavy atom. The van der Waals surface area contributed by atoms with Gasteiger partial charge in [0.1, 0.15) is 23.9 Å². The molecule has 180 valence electrons. The van der Waals surface area contributed by atoms with Crippen LogP contribution in [-0.2, 0) is 14.8 Å². The first-order valence-corrected chi connectivity index (χ1v) is 12.0. The zero-order chi connectivity index (χ0) is 24.9. The first-order valence-electron chi connectivity index (χ1n) is 10.2. The summed E-state index contributed by atoms with van der Waals surface area (Å²) in [5, 5.41) is 2.52. The van der Waals surface area contributed by atoms with Gasteiger partial charge < -0.3 is 14.8 Å². The highest BCUT2D eigenvalue weighted by Crippen LogP contribution is 2.30. The molecular formula is C24H24ClFN2O5S. The average Bonchev–Trinajstić information content (AvgIpc) is 2.84. The van der Waals surface area contributed by atoms with Crippen molar-refractivity contribution in [3.05, 3.63) is 83.1 Å². The Kier molecular flexibility index (Phi) is 8.01. The van der Waals surface area contributed by atoms with Crippen LogP contribution in [-0.4, -0.2) is 35.1 Å². The number of carbonyl (C=O) groups excluding carboxylic acids is 1. The quantitative estimate of drug-likeness (QED) is 0.459. The van der Waals surface area contributed by atoms with Gasteiger partial charge in [-0.25, -0.2) is 12.8 Å². The van der Waals surface area contributed by atoms with Gasteiger partial charge in [-0.1, -0.05) is 29.8 Å². The second-order valence-corrected chi connectivity index (χ2v) is 9.59. The highest BCUT2D eigenvalue weighted by atomic mass is 35.5. The number of carbonyl (C=O) groups is 1. The third-order valence-electron chi connectivity index (χ3n) is 5.09. The highest BCUT2D eigenvalue weighted by molar-refractivity contribution is 7.92. The Balaban J connectivity index is 1.92. The summed E-state index contributed by atoms with van der Waals surface area (Å²) in [5.41, 5.74) is 0.703. The molecule has 1 atom stereocenters. The summed E-state index contributed by atoms with van der Waals surface area (Å²) in [6.45, 7) is 1.18. The summed E-state index contributed by atoms with van der Waals surface area (Å²) < 4.78 is 52.0. The van der Waals surface area contributed by atoms with Crippen molar-refractivity contribution in [3.8, 4) is 11.5 Å². The number of hydrogen-bond acceptors (Lipinski definition) is 5. The molecule has 0 heterocycles. The van der Waals surface area contributed by atoms with Gasteiger partial charge in [0.15, 0.2) is 0 Å². The monoisotopic (exact) mass is 506 g/mol. The van der Waals surface area contributed by atoms with Crippen molar-refractivity contribution in [2.45, 2.75) is 17.9 Å². The fourth-order valence-corrected chi connectivity index (χ4v) is 4.96. The van der Waals surface area contributed by atoms with Gasteiger partial charge in [-0.15, -0.1) is 0 Å². The lowest BCUT2D eigenvalue weighted by Crippen LogP contribution is -2.41. The number of amides is 1. The molecule has 0 saturated heterocycles. The molecule has 1 amide bonds. The number of ether oxygens (including phenoxy) is 2. The molecule has 3 aromatic rings. The second-order valence-electron chi connectivity index (χ2n) is 7.32. The molecule has 0 aliphatic carbocycles. The first-order chi connectivity index (χ1) is 16.2. The predicted octanol–water partition coefficient (Wildman–Crippen LogP) is 4.57. The Bertz CT molecular complexity index is 1270. The SMILES string of the molecule is COc1ccc(OC)c([C@@H](C)NC(=O)CN(c2ccc(F)c(Cl)c2)S(=O)(=O)c2ccccc2)c1. The van der Waals surface area contributed by atoms with Crippen molar-refractivity contribution in [2.75, 3.05) is 25.1 Å². The van der Waals surface area contributed by atoms with Crippen molar-refractivity contribution in [1.29, 1.82) is 0 Å². The molecule has 34 heavy (non-hydrogen) atoms. The molecule has 0 fully saturated rings. The molecule has 0 aliphatic rings. The number of benzene rings is 3. The zero-order valence-electron chi connectivity index (χ0n) is 18.8. The van der Waals surface area contributed by atoms with E-state index in [2.05, 4.69) is 5.32 Å². The largest absolute Gasteiger partial charge is 0.497 e. The molecular weight excluding hydrogens is 483 g/mol. The topological polar surface area (TPSA) is 84.9 Å². The maximum Gasteiger partial charge on any atom is 0.264 e. The fraction of sp³-hybridized carbons (Fsp3) is 0.208. The van der Waals surface area contributed by atoms with Crippen LogP contribution in [0.15, 0.2) is 71.6 Å². The molecule has 0 spiro atoms. The smallest absolute Gasteiger partial charge is 0.264 e. The predicted molar refractivity (Wildman–Crippen MR) is 128 cm³/mol. The van der Waals surface area contributed by atoms with Crippen molar-refractivity contribution in [2.24, 2.45) is 0 Å². The molecule has 0 bridgehead atoms. The van der Waals surface area contributed by atoms with Crippen molar-refractivity contribution < 1.29 is 27.1 Å². The molecule has 3 rings (SSSR count). The molecule has 1 N–H and O–H groups in total. The molecule has 0 aromatic heterocycles. The Morgan fingerprint density at radius 3 is 2.38 bits per heavy atom. The standard InChI is InChI=1S/C24H24ClFN2O5S/c1-16(20-14-18(32-2)10-12-23(20)33-3)27-24(29)15-28(17-9-11-22(26)21(25)13-17)34(30,31)19-7-5-4-6-8-19/h4-14,16H,15H2,1-3H3,(H,27,29)/t16-/m1/s1. The summed E-state index contributed by atoms with van der Waals surface area (Å²) in [6.07, 6.45) is 0. The van der Waals surface area contributed by atoms with Gasteiger partial charge in [0.2, 0.25) is 5.91 Å². The van der Waals surface area contributed by atoms with Crippen LogP contribution in [0.5, 0.6) is 11.5 Å². The van der Waals surface area contributed by atoms with Gasteiger partial charge in [0.05, 0.1) is 35.9 Å². The third kappa shape index (κ3) is 5.60. The number of methoxy groups -OCH3 is 2. The maximum atomic E-state index is 13.7. The van der Waals surface area contributed by atoms with Gasteiger partial charge in [-0.2, -0.15) is 0 Å². The van der Waals surface area contributed by atoms with Crippen LogP contribution >= 0.6 is 11.6 Å². The summed E-state index contributed by atoms with van der Waals surface area (Å²) in [4.78, 5) is 13.0. The van der Waals surface area contributed by atoms with Crippen LogP contribution < -0.4 is 19.1 Å². The lowest BCUT2D eigenvalue weighted by molar-refractivity contribution is -0.120. The molecule has 0 unspecified atom stereocenters. The summed E-state index contributed by atoms with van der Waals surface area (Å²) in [7, 11) is -1.13. The van der Waals surface area contributed by atoms with E-state index in [0.717, 1.165) is 10.4 Å². The van der Waals surface area contributed by atoms with E-state index in [-0.39, 0.29) is 15.6 Å². The van der Waals surface area contributed by atoms with Gasteiger partial charge in [0, 0.05) is 5.56 Å². The average molecular weight is 507 g/mol. The molecule has 10 heteroatoms. The van der Waals surface area contributed by atoms with Crippen LogP contribution in [0.1, 0.15) is 18.5 Å². The van der Waals surface area contributed by atoms with Crippen LogP contribution in [0.2, 0.25) is 5.02 Å². The van der Waals surface area contributed by atoms with Gasteiger partial charge in [-0.3, -0.25) is 9.10 Å². The van der Waals surface area contributed by atoms with Crippen LogP contribution in [0, 0.1) is 5.82 Å². The Labute approximate surface area is 203 Å². The minimum absolute atomic E-state index is 0.0224. The number of rotatable bonds is 9. The van der Waals surface area contributed by atoms with Crippen LogP contribution in [0.4, 0.5) is 10.1 Å². The number of sulfonamides is 1. The van der Waals surface area contributed by atoms with Gasteiger partial charge in [0.25, 0.3) is 10.0 Å². The van der Waals surface area contributed by atoms with E-state index in [1.807, 2.05) is 0 Å². The molecule has 0 saturated carbocycles. The van der Waals surface area contributed by atoms with E-state index in [1.54, 1.807) is 43.3 Å². The van der Waals surface area contributed by atoms with Crippen molar-refractivity contribution >= 4 is 33.2 Å². The van der Waals surface area contributed by atoms with E-state index >= 15 is 0 Å². The molecule has 0 aliphatic heterocycles. The van der Waals surface area contributed by atoms with Crippen LogP contribution in [0.25, 0.3) is 0 Å². The van der Waals surface area contributed by atoms with Gasteiger partial charge >= 0.3 is 0 Å². The molecule has 7 nitrogen and oxygen atoms in total. The third-order valence-corrected chi connectivity index (χ3v) is 7.17. The molecule has 0 radical (unpaired) electrons. The first kappa shape index (κ1) is 25.3. The van der Waals surface area contributed by atoms with Crippen LogP contribution in [0.3, 0.4) is 0 Å². The number of hydrogen-bond donors (Lipinski definition) is 1. The van der Waals surface area contributed by atoms with Crippen molar-refractivity contribution in [3.63, 3.8) is 0 Å². The van der Waals surface area contributed by atoms with E-state index < -0.39 is 34.3 Å². The Hall–Kier alpha value is -3.30. The summed E-state index contributed by atoms with van der Waals surface area (Å²) >= 11 is 5.89. The maximum absolute atomic E-state index is 13.7. The van der Waals surface area contributed by atoms with E-state index in [4.69, 9.17) is 21.1 Å².